The zero-order valence-electron chi connectivity index (χ0n) is 9.71. The summed E-state index contributed by atoms with van der Waals surface area (Å²) in [6.07, 6.45) is 1.58. The van der Waals surface area contributed by atoms with E-state index in [4.69, 9.17) is 21.3 Å². The van der Waals surface area contributed by atoms with Gasteiger partial charge in [0.05, 0.1) is 6.61 Å². The zero-order valence-corrected chi connectivity index (χ0v) is 9.71. The largest absolute Gasteiger partial charge is 0.491 e. The molecule has 0 unspecified atom stereocenters. The van der Waals surface area contributed by atoms with E-state index in [1.807, 2.05) is 12.1 Å². The first-order valence-corrected chi connectivity index (χ1v) is 5.43. The van der Waals surface area contributed by atoms with Crippen LogP contribution < -0.4 is 16.2 Å². The van der Waals surface area contributed by atoms with Crippen LogP contribution in [-0.4, -0.2) is 28.3 Å². The van der Waals surface area contributed by atoms with Crippen molar-refractivity contribution in [1.82, 2.24) is 9.97 Å². The van der Waals surface area contributed by atoms with Gasteiger partial charge >= 0.3 is 0 Å². The smallest absolute Gasteiger partial charge is 0.221 e. The van der Waals surface area contributed by atoms with Gasteiger partial charge in [-0.05, 0) is 17.7 Å². The molecule has 0 bridgehead atoms. The highest BCUT2D eigenvalue weighted by molar-refractivity contribution is 5.73. The van der Waals surface area contributed by atoms with Gasteiger partial charge in [-0.2, -0.15) is 4.98 Å². The lowest BCUT2D eigenvalue weighted by atomic mass is 10.1. The summed E-state index contributed by atoms with van der Waals surface area (Å²) in [5.41, 5.74) is 12.8. The molecule has 0 saturated carbocycles. The van der Waals surface area contributed by atoms with Gasteiger partial charge in [0.2, 0.25) is 5.95 Å². The molecule has 0 fully saturated rings. The van der Waals surface area contributed by atoms with E-state index in [0.29, 0.717) is 11.6 Å². The third-order valence-corrected chi connectivity index (χ3v) is 2.36. The average Bonchev–Trinajstić information content (AvgIpc) is 2.37. The van der Waals surface area contributed by atoms with Crippen molar-refractivity contribution < 1.29 is 9.84 Å². The second-order valence-corrected chi connectivity index (χ2v) is 3.62. The Labute approximate surface area is 104 Å². The highest BCUT2D eigenvalue weighted by atomic mass is 16.5. The van der Waals surface area contributed by atoms with Gasteiger partial charge < -0.3 is 21.3 Å². The molecule has 0 radical (unpaired) electrons. The Bertz CT molecular complexity index is 528. The van der Waals surface area contributed by atoms with Crippen LogP contribution in [0.1, 0.15) is 0 Å². The molecule has 0 aliphatic carbocycles. The highest BCUT2D eigenvalue weighted by Gasteiger charge is 2.05. The van der Waals surface area contributed by atoms with Crippen molar-refractivity contribution in [3.8, 4) is 16.9 Å². The topological polar surface area (TPSA) is 107 Å². The lowest BCUT2D eigenvalue weighted by Crippen LogP contribution is -2.02. The van der Waals surface area contributed by atoms with Crippen LogP contribution in [0.4, 0.5) is 11.8 Å². The van der Waals surface area contributed by atoms with Crippen molar-refractivity contribution in [1.29, 1.82) is 0 Å². The molecule has 0 aliphatic heterocycles. The number of hydrogen-bond acceptors (Lipinski definition) is 6. The predicted octanol–water partition coefficient (Wildman–Crippen LogP) is 0.679. The molecule has 5 N–H and O–H groups in total. The van der Waals surface area contributed by atoms with Crippen molar-refractivity contribution >= 4 is 11.8 Å². The van der Waals surface area contributed by atoms with Crippen LogP contribution in [0.15, 0.2) is 30.5 Å². The number of aliphatic hydroxyl groups excluding tert-OH is 1. The first-order valence-electron chi connectivity index (χ1n) is 5.43. The van der Waals surface area contributed by atoms with Gasteiger partial charge in [0.25, 0.3) is 0 Å². The molecule has 1 heterocycles. The van der Waals surface area contributed by atoms with Crippen LogP contribution in [0.2, 0.25) is 0 Å². The van der Waals surface area contributed by atoms with E-state index in [-0.39, 0.29) is 19.2 Å². The summed E-state index contributed by atoms with van der Waals surface area (Å²) in [5, 5.41) is 8.65. The summed E-state index contributed by atoms with van der Waals surface area (Å²) in [4.78, 5) is 7.81. The third-order valence-electron chi connectivity index (χ3n) is 2.36. The van der Waals surface area contributed by atoms with Crippen LogP contribution >= 0.6 is 0 Å². The number of nitrogen functional groups attached to an aromatic ring is 2. The Morgan fingerprint density at radius 1 is 1.17 bits per heavy atom. The third kappa shape index (κ3) is 2.67. The number of aromatic nitrogens is 2. The second-order valence-electron chi connectivity index (χ2n) is 3.62. The fraction of sp³-hybridized carbons (Fsp3) is 0.167. The second kappa shape index (κ2) is 5.33. The van der Waals surface area contributed by atoms with Gasteiger partial charge in [0, 0.05) is 11.8 Å². The Balaban J connectivity index is 2.23. The molecule has 6 nitrogen and oxygen atoms in total. The number of ether oxygens (including phenoxy) is 1. The first-order chi connectivity index (χ1) is 8.70. The molecule has 6 heteroatoms. The molecule has 1 aromatic heterocycles. The SMILES string of the molecule is Nc1ncc(-c2ccc(OCCO)cc2)c(N)n1. The van der Waals surface area contributed by atoms with Crippen LogP contribution in [0.25, 0.3) is 11.1 Å². The summed E-state index contributed by atoms with van der Waals surface area (Å²) in [6, 6.07) is 7.28. The number of aliphatic hydroxyl groups is 1. The summed E-state index contributed by atoms with van der Waals surface area (Å²) >= 11 is 0. The molecule has 1 aromatic carbocycles. The predicted molar refractivity (Wildman–Crippen MR) is 68.9 cm³/mol. The molecule has 0 aliphatic rings. The molecule has 2 aromatic rings. The minimum atomic E-state index is -0.0134. The van der Waals surface area contributed by atoms with Crippen molar-refractivity contribution in [2.75, 3.05) is 24.7 Å². The van der Waals surface area contributed by atoms with E-state index < -0.39 is 0 Å². The number of anilines is 2. The van der Waals surface area contributed by atoms with Crippen LogP contribution in [0.3, 0.4) is 0 Å². The van der Waals surface area contributed by atoms with E-state index in [2.05, 4.69) is 9.97 Å². The molecule has 0 saturated heterocycles. The van der Waals surface area contributed by atoms with Gasteiger partial charge in [-0.3, -0.25) is 0 Å². The van der Waals surface area contributed by atoms with Crippen molar-refractivity contribution in [2.24, 2.45) is 0 Å². The fourth-order valence-corrected chi connectivity index (χ4v) is 1.53. The summed E-state index contributed by atoms with van der Waals surface area (Å²) in [5.74, 6) is 1.17. The lowest BCUT2D eigenvalue weighted by molar-refractivity contribution is 0.201. The minimum Gasteiger partial charge on any atom is -0.491 e. The zero-order chi connectivity index (χ0) is 13.0. The highest BCUT2D eigenvalue weighted by Crippen LogP contribution is 2.25. The van der Waals surface area contributed by atoms with Crippen molar-refractivity contribution in [2.45, 2.75) is 0 Å². The van der Waals surface area contributed by atoms with Gasteiger partial charge in [0.1, 0.15) is 18.2 Å². The summed E-state index contributed by atoms with van der Waals surface area (Å²) < 4.78 is 5.26. The van der Waals surface area contributed by atoms with Crippen molar-refractivity contribution in [3.63, 3.8) is 0 Å². The summed E-state index contributed by atoms with van der Waals surface area (Å²) in [6.45, 7) is 0.257. The number of hydrogen-bond donors (Lipinski definition) is 3. The van der Waals surface area contributed by atoms with Gasteiger partial charge in [-0.1, -0.05) is 12.1 Å². The fourth-order valence-electron chi connectivity index (χ4n) is 1.53. The monoisotopic (exact) mass is 246 g/mol. The Hall–Kier alpha value is -2.34. The number of benzene rings is 1. The van der Waals surface area contributed by atoms with E-state index in [1.54, 1.807) is 18.3 Å². The maximum absolute atomic E-state index is 8.65. The molecular formula is C12H14N4O2. The molecule has 0 spiro atoms. The first kappa shape index (κ1) is 12.1. The van der Waals surface area contributed by atoms with Crippen molar-refractivity contribution in [3.05, 3.63) is 30.5 Å². The van der Waals surface area contributed by atoms with E-state index in [9.17, 15) is 0 Å². The quantitative estimate of drug-likeness (QED) is 0.732. The maximum atomic E-state index is 8.65. The molecule has 94 valence electrons. The summed E-state index contributed by atoms with van der Waals surface area (Å²) in [7, 11) is 0. The standard InChI is InChI=1S/C12H14N4O2/c13-11-10(7-15-12(14)16-11)8-1-3-9(4-2-8)18-6-5-17/h1-4,7,17H,5-6H2,(H4,13,14,15,16). The molecule has 18 heavy (non-hydrogen) atoms. The number of rotatable bonds is 4. The van der Waals surface area contributed by atoms with Gasteiger partial charge in [-0.15, -0.1) is 0 Å². The van der Waals surface area contributed by atoms with Gasteiger partial charge in [-0.25, -0.2) is 4.98 Å². The molecular weight excluding hydrogens is 232 g/mol. The Morgan fingerprint density at radius 2 is 1.89 bits per heavy atom. The average molecular weight is 246 g/mol. The van der Waals surface area contributed by atoms with E-state index in [0.717, 1.165) is 11.1 Å². The van der Waals surface area contributed by atoms with Crippen LogP contribution in [0.5, 0.6) is 5.75 Å². The normalized spacial score (nSPS) is 10.3. The van der Waals surface area contributed by atoms with E-state index in [1.165, 1.54) is 0 Å². The number of nitrogens with two attached hydrogens (primary N) is 2. The van der Waals surface area contributed by atoms with E-state index >= 15 is 0 Å². The maximum Gasteiger partial charge on any atom is 0.221 e. The molecule has 0 atom stereocenters. The van der Waals surface area contributed by atoms with Gasteiger partial charge in [0.15, 0.2) is 0 Å². The van der Waals surface area contributed by atoms with Crippen LogP contribution in [0, 0.1) is 0 Å². The Kier molecular flexibility index (Phi) is 3.59. The molecule has 0 amide bonds. The Morgan fingerprint density at radius 3 is 2.50 bits per heavy atom. The molecule has 2 rings (SSSR count). The number of nitrogens with zero attached hydrogens (tertiary/aromatic N) is 2. The van der Waals surface area contributed by atoms with Crippen LogP contribution in [-0.2, 0) is 0 Å². The minimum absolute atomic E-state index is 0.0134. The lowest BCUT2D eigenvalue weighted by Gasteiger charge is -2.07.